The van der Waals surface area contributed by atoms with Gasteiger partial charge in [0.25, 0.3) is 0 Å². The monoisotopic (exact) mass is 912 g/mol. The van der Waals surface area contributed by atoms with Crippen molar-refractivity contribution in [3.8, 4) is 22.8 Å². The number of furan rings is 1. The number of allylic oxidation sites excluding steroid dienone is 2. The van der Waals surface area contributed by atoms with Gasteiger partial charge >= 0.3 is 12.2 Å². The normalized spacial score (nSPS) is 21.7. The van der Waals surface area contributed by atoms with E-state index in [0.717, 1.165) is 34.9 Å². The SMILES string of the molecule is COc1ccc(CN(C[C@]2(O)CC[C@H]3c4ccc(cc4C(=O)c4ccc(-c5cc(C(F)(F)F)ccc5Cl)o4)C[C@@H](O)CCC(C)=CCC[C@@]32C)C(=O)N[C@H](C)c2ccccc2)c(OC)c1. The smallest absolute Gasteiger partial charge is 0.416 e. The maximum Gasteiger partial charge on any atom is 0.416 e. The number of methoxy groups -OCH3 is 2. The van der Waals surface area contributed by atoms with Crippen LogP contribution in [0.4, 0.5) is 18.0 Å². The predicted molar refractivity (Wildman–Crippen MR) is 244 cm³/mol. The second-order valence-electron chi connectivity index (χ2n) is 17.7. The third-order valence-corrected chi connectivity index (χ3v) is 13.9. The van der Waals surface area contributed by atoms with Gasteiger partial charge in [-0.3, -0.25) is 4.79 Å². The highest BCUT2D eigenvalue weighted by atomic mass is 35.5. The second-order valence-corrected chi connectivity index (χ2v) is 18.2. The third-order valence-electron chi connectivity index (χ3n) is 13.5. The number of nitrogens with zero attached hydrogens (tertiary/aromatic N) is 1. The van der Waals surface area contributed by atoms with Crippen molar-refractivity contribution in [3.63, 3.8) is 0 Å². The Morgan fingerprint density at radius 2 is 1.74 bits per heavy atom. The van der Waals surface area contributed by atoms with E-state index in [0.29, 0.717) is 66.7 Å². The fraction of sp³-hybridized carbons (Fsp3) is 0.385. The van der Waals surface area contributed by atoms with Crippen LogP contribution in [0.5, 0.6) is 11.5 Å². The highest BCUT2D eigenvalue weighted by molar-refractivity contribution is 6.33. The van der Waals surface area contributed by atoms with Crippen LogP contribution in [-0.2, 0) is 19.1 Å². The predicted octanol–water partition coefficient (Wildman–Crippen LogP) is 11.9. The number of carbonyl (C=O) groups excluding carboxylic acids is 2. The number of urea groups is 1. The van der Waals surface area contributed by atoms with Gasteiger partial charge in [0.2, 0.25) is 5.78 Å². The van der Waals surface area contributed by atoms with Crippen LogP contribution in [0.3, 0.4) is 0 Å². The molecule has 3 N–H and O–H groups in total. The minimum absolute atomic E-state index is 0.00426. The highest BCUT2D eigenvalue weighted by Gasteiger charge is 2.58. The summed E-state index contributed by atoms with van der Waals surface area (Å²) in [6.45, 7) is 6.02. The summed E-state index contributed by atoms with van der Waals surface area (Å²) in [7, 11) is 3.11. The second kappa shape index (κ2) is 19.5. The summed E-state index contributed by atoms with van der Waals surface area (Å²) in [5.41, 5.74) is 1.09. The molecule has 1 aromatic heterocycles. The van der Waals surface area contributed by atoms with E-state index in [1.807, 2.05) is 69.3 Å². The Labute approximate surface area is 383 Å². The Hall–Kier alpha value is -5.56. The van der Waals surface area contributed by atoms with Gasteiger partial charge < -0.3 is 34.3 Å². The van der Waals surface area contributed by atoms with E-state index in [-0.39, 0.29) is 53.7 Å². The number of hydrogen-bond acceptors (Lipinski definition) is 7. The number of aliphatic hydroxyl groups excluding tert-OH is 1. The molecule has 0 unspecified atom stereocenters. The summed E-state index contributed by atoms with van der Waals surface area (Å²) < 4.78 is 58.4. The van der Waals surface area contributed by atoms with E-state index in [2.05, 4.69) is 11.4 Å². The lowest BCUT2D eigenvalue weighted by atomic mass is 9.64. The zero-order valence-electron chi connectivity index (χ0n) is 37.3. The summed E-state index contributed by atoms with van der Waals surface area (Å²) in [4.78, 5) is 31.0. The zero-order valence-corrected chi connectivity index (χ0v) is 38.1. The van der Waals surface area contributed by atoms with Gasteiger partial charge in [-0.25, -0.2) is 4.79 Å². The molecule has 5 aromatic rings. The number of aliphatic hydroxyl groups is 2. The maximum absolute atomic E-state index is 14.8. The summed E-state index contributed by atoms with van der Waals surface area (Å²) >= 11 is 6.37. The highest BCUT2D eigenvalue weighted by Crippen LogP contribution is 2.59. The van der Waals surface area contributed by atoms with E-state index in [1.54, 1.807) is 37.3 Å². The lowest BCUT2D eigenvalue weighted by molar-refractivity contribution is -0.137. The molecule has 3 aliphatic carbocycles. The largest absolute Gasteiger partial charge is 0.497 e. The molecule has 1 heterocycles. The van der Waals surface area contributed by atoms with Gasteiger partial charge in [0.15, 0.2) is 5.76 Å². The molecule has 1 saturated carbocycles. The van der Waals surface area contributed by atoms with Crippen LogP contribution >= 0.6 is 11.6 Å². The van der Waals surface area contributed by atoms with Crippen LogP contribution in [0.15, 0.2) is 113 Å². The molecule has 0 saturated heterocycles. The van der Waals surface area contributed by atoms with Crippen molar-refractivity contribution in [2.24, 2.45) is 5.41 Å². The Kier molecular flexibility index (Phi) is 14.2. The Morgan fingerprint density at radius 1 is 0.969 bits per heavy atom. The first-order chi connectivity index (χ1) is 30.9. The molecule has 3 aliphatic rings. The van der Waals surface area contributed by atoms with Gasteiger partial charge in [-0.05, 0) is 130 Å². The Bertz CT molecular complexity index is 2540. The van der Waals surface area contributed by atoms with Crippen molar-refractivity contribution in [3.05, 3.63) is 153 Å². The number of ketones is 1. The molecule has 8 rings (SSSR count). The van der Waals surface area contributed by atoms with E-state index >= 15 is 0 Å². The van der Waals surface area contributed by atoms with Gasteiger partial charge in [-0.1, -0.05) is 72.6 Å². The molecule has 4 aromatic carbocycles. The summed E-state index contributed by atoms with van der Waals surface area (Å²) in [5.74, 6) is 0.0839. The number of benzene rings is 4. The fourth-order valence-corrected chi connectivity index (χ4v) is 9.84. The lowest BCUT2D eigenvalue weighted by Crippen LogP contribution is -2.55. The van der Waals surface area contributed by atoms with Gasteiger partial charge in [0.05, 0.1) is 55.6 Å². The Morgan fingerprint density at radius 3 is 2.46 bits per heavy atom. The molecular formula is C52H56ClF3N2O7. The van der Waals surface area contributed by atoms with Gasteiger partial charge in [0.1, 0.15) is 17.3 Å². The molecule has 13 heteroatoms. The van der Waals surface area contributed by atoms with Crippen LogP contribution in [0, 0.1) is 5.41 Å². The minimum Gasteiger partial charge on any atom is -0.497 e. The maximum atomic E-state index is 14.8. The average molecular weight is 913 g/mol. The lowest BCUT2D eigenvalue weighted by Gasteiger charge is -2.46. The number of carbonyl (C=O) groups is 2. The molecule has 65 heavy (non-hydrogen) atoms. The minimum atomic E-state index is -4.63. The molecule has 5 atom stereocenters. The number of amides is 2. The van der Waals surface area contributed by atoms with Gasteiger partial charge in [-0.15, -0.1) is 0 Å². The van der Waals surface area contributed by atoms with Gasteiger partial charge in [-0.2, -0.15) is 13.2 Å². The molecule has 0 spiro atoms. The number of rotatable bonds is 11. The molecule has 1 fully saturated rings. The molecular weight excluding hydrogens is 857 g/mol. The first-order valence-corrected chi connectivity index (χ1v) is 22.3. The van der Waals surface area contributed by atoms with Crippen molar-refractivity contribution >= 4 is 23.4 Å². The summed E-state index contributed by atoms with van der Waals surface area (Å²) in [6.07, 6.45) is 0.0987. The number of nitrogens with one attached hydrogen (secondary N) is 1. The molecule has 9 nitrogen and oxygen atoms in total. The van der Waals surface area contributed by atoms with Crippen molar-refractivity contribution in [2.45, 2.75) is 102 Å². The van der Waals surface area contributed by atoms with Crippen molar-refractivity contribution in [2.75, 3.05) is 20.8 Å². The number of halogens is 4. The van der Waals surface area contributed by atoms with Crippen LogP contribution in [0.25, 0.3) is 11.3 Å². The first-order valence-electron chi connectivity index (χ1n) is 21.9. The molecule has 344 valence electrons. The molecule has 2 amide bonds. The number of hydrogen-bond donors (Lipinski definition) is 3. The van der Waals surface area contributed by atoms with E-state index < -0.39 is 40.6 Å². The van der Waals surface area contributed by atoms with Gasteiger partial charge in [0, 0.05) is 28.2 Å². The fourth-order valence-electron chi connectivity index (χ4n) is 9.63. The molecule has 0 aliphatic heterocycles. The number of ether oxygens (including phenoxy) is 2. The van der Waals surface area contributed by atoms with Crippen LogP contribution in [-0.4, -0.2) is 59.4 Å². The van der Waals surface area contributed by atoms with Crippen molar-refractivity contribution in [1.82, 2.24) is 10.2 Å². The average Bonchev–Trinajstić information content (AvgIpc) is 3.87. The first kappa shape index (κ1) is 47.4. The standard InChI is InChI=1S/C52H56ClF3N2O7/c1-32-10-9-24-50(3)43(23-25-51(50,62)31-58(30-36-15-18-39(63-4)29-47(36)64-5)49(61)57-33(2)35-11-7-6-8-12-35)40-19-14-34(26-38(59)17-13-32)27-41(40)48(60)46-22-21-45(65-46)42-28-37(52(54,55)56)16-20-44(42)53/h6-8,10-12,14-16,18-22,27-29,33,38,43,59,62H,9,13,17,23-26,30-31H2,1-5H3,(H,57,61)/t33-,38+,43+,50+,51-/m1/s1. The third kappa shape index (κ3) is 10.3. The Balaban J connectivity index is 1.29. The molecule has 0 radical (unpaired) electrons. The summed E-state index contributed by atoms with van der Waals surface area (Å²) in [5, 5.41) is 27.6. The van der Waals surface area contributed by atoms with Crippen LogP contribution in [0.2, 0.25) is 5.02 Å². The number of fused-ring (bicyclic) bond motifs is 8. The molecule has 2 bridgehead atoms. The topological polar surface area (TPSA) is 121 Å². The zero-order chi connectivity index (χ0) is 46.7. The quantitative estimate of drug-likeness (QED) is 0.0891. The van der Waals surface area contributed by atoms with Crippen LogP contribution < -0.4 is 14.8 Å². The van der Waals surface area contributed by atoms with E-state index in [1.165, 1.54) is 12.1 Å². The summed E-state index contributed by atoms with van der Waals surface area (Å²) in [6, 6.07) is 25.6. The van der Waals surface area contributed by atoms with E-state index in [9.17, 15) is 33.0 Å². The van der Waals surface area contributed by atoms with E-state index in [4.69, 9.17) is 25.5 Å². The van der Waals surface area contributed by atoms with Crippen molar-refractivity contribution < 1.29 is 46.9 Å². The number of alkyl halides is 3. The van der Waals surface area contributed by atoms with Crippen LogP contribution in [0.1, 0.15) is 115 Å². The van der Waals surface area contributed by atoms with Crippen molar-refractivity contribution in [1.29, 1.82) is 0 Å².